The fourth-order valence-corrected chi connectivity index (χ4v) is 1.86. The summed E-state index contributed by atoms with van der Waals surface area (Å²) in [4.78, 5) is 15.2. The van der Waals surface area contributed by atoms with E-state index in [0.29, 0.717) is 5.56 Å². The van der Waals surface area contributed by atoms with Crippen LogP contribution in [0.4, 0.5) is 5.69 Å². The van der Waals surface area contributed by atoms with Gasteiger partial charge in [0.1, 0.15) is 5.75 Å². The van der Waals surface area contributed by atoms with Crippen molar-refractivity contribution in [3.63, 3.8) is 0 Å². The second kappa shape index (κ2) is 4.96. The van der Waals surface area contributed by atoms with Crippen molar-refractivity contribution in [2.45, 2.75) is 13.8 Å². The average molecular weight is 244 g/mol. The van der Waals surface area contributed by atoms with Gasteiger partial charge in [-0.2, -0.15) is 0 Å². The standard InChI is InChI=1S/C14H16N2O2/c1-9-7-13(10(2)15-9)14(17)16-11-5-4-6-12(8-11)18-3/h4-8,15H,1-3H3,(H,16,17). The van der Waals surface area contributed by atoms with Crippen LogP contribution in [0.1, 0.15) is 21.7 Å². The lowest BCUT2D eigenvalue weighted by atomic mass is 10.2. The number of anilines is 1. The third kappa shape index (κ3) is 2.53. The molecular formula is C14H16N2O2. The summed E-state index contributed by atoms with van der Waals surface area (Å²) in [6.45, 7) is 3.81. The average Bonchev–Trinajstić information content (AvgIpc) is 2.69. The van der Waals surface area contributed by atoms with Crippen LogP contribution in [0.2, 0.25) is 0 Å². The topological polar surface area (TPSA) is 54.1 Å². The Kier molecular flexibility index (Phi) is 3.37. The normalized spacial score (nSPS) is 10.2. The van der Waals surface area contributed by atoms with Crippen LogP contribution in [0, 0.1) is 13.8 Å². The molecule has 0 aliphatic carbocycles. The van der Waals surface area contributed by atoms with Crippen molar-refractivity contribution in [2.24, 2.45) is 0 Å². The van der Waals surface area contributed by atoms with Crippen LogP contribution in [0.25, 0.3) is 0 Å². The minimum absolute atomic E-state index is 0.120. The number of benzene rings is 1. The summed E-state index contributed by atoms with van der Waals surface area (Å²) in [5.74, 6) is 0.597. The summed E-state index contributed by atoms with van der Waals surface area (Å²) < 4.78 is 5.11. The number of rotatable bonds is 3. The van der Waals surface area contributed by atoms with Crippen LogP contribution in [0.15, 0.2) is 30.3 Å². The first-order valence-corrected chi connectivity index (χ1v) is 5.72. The lowest BCUT2D eigenvalue weighted by molar-refractivity contribution is 0.102. The first-order chi connectivity index (χ1) is 8.60. The number of hydrogen-bond acceptors (Lipinski definition) is 2. The lowest BCUT2D eigenvalue weighted by Crippen LogP contribution is -2.12. The first kappa shape index (κ1) is 12.2. The molecule has 1 aromatic carbocycles. The zero-order valence-electron chi connectivity index (χ0n) is 10.7. The van der Waals surface area contributed by atoms with Gasteiger partial charge in [0, 0.05) is 23.1 Å². The van der Waals surface area contributed by atoms with Gasteiger partial charge in [-0.25, -0.2) is 0 Å². The Morgan fingerprint density at radius 3 is 2.67 bits per heavy atom. The molecule has 0 radical (unpaired) electrons. The Morgan fingerprint density at radius 1 is 1.28 bits per heavy atom. The fourth-order valence-electron chi connectivity index (χ4n) is 1.86. The van der Waals surface area contributed by atoms with Crippen molar-refractivity contribution in [2.75, 3.05) is 12.4 Å². The van der Waals surface area contributed by atoms with Gasteiger partial charge in [-0.1, -0.05) is 6.07 Å². The predicted molar refractivity (Wildman–Crippen MR) is 71.2 cm³/mol. The summed E-state index contributed by atoms with van der Waals surface area (Å²) >= 11 is 0. The van der Waals surface area contributed by atoms with Crippen LogP contribution >= 0.6 is 0 Å². The highest BCUT2D eigenvalue weighted by Crippen LogP contribution is 2.18. The van der Waals surface area contributed by atoms with Crippen LogP contribution < -0.4 is 10.1 Å². The van der Waals surface area contributed by atoms with Gasteiger partial charge in [-0.3, -0.25) is 4.79 Å². The molecule has 1 heterocycles. The van der Waals surface area contributed by atoms with Crippen LogP contribution in [-0.4, -0.2) is 18.0 Å². The second-order valence-electron chi connectivity index (χ2n) is 4.18. The van der Waals surface area contributed by atoms with Crippen molar-refractivity contribution >= 4 is 11.6 Å². The largest absolute Gasteiger partial charge is 0.497 e. The first-order valence-electron chi connectivity index (χ1n) is 5.72. The number of aromatic amines is 1. The molecule has 18 heavy (non-hydrogen) atoms. The number of carbonyl (C=O) groups is 1. The quantitative estimate of drug-likeness (QED) is 0.872. The van der Waals surface area contributed by atoms with Crippen molar-refractivity contribution in [3.8, 4) is 5.75 Å². The van der Waals surface area contributed by atoms with Gasteiger partial charge in [0.25, 0.3) is 5.91 Å². The number of hydrogen-bond donors (Lipinski definition) is 2. The monoisotopic (exact) mass is 244 g/mol. The maximum atomic E-state index is 12.1. The summed E-state index contributed by atoms with van der Waals surface area (Å²) in [6, 6.07) is 9.12. The van der Waals surface area contributed by atoms with E-state index < -0.39 is 0 Å². The Labute approximate surface area is 106 Å². The third-order valence-electron chi connectivity index (χ3n) is 2.72. The maximum absolute atomic E-state index is 12.1. The lowest BCUT2D eigenvalue weighted by Gasteiger charge is -2.06. The van der Waals surface area contributed by atoms with E-state index in [-0.39, 0.29) is 5.91 Å². The van der Waals surface area contributed by atoms with E-state index in [1.165, 1.54) is 0 Å². The Hall–Kier alpha value is -2.23. The van der Waals surface area contributed by atoms with E-state index in [1.54, 1.807) is 13.2 Å². The number of amides is 1. The van der Waals surface area contributed by atoms with Gasteiger partial charge in [0.15, 0.2) is 0 Å². The van der Waals surface area contributed by atoms with E-state index in [2.05, 4.69) is 10.3 Å². The number of aryl methyl sites for hydroxylation is 2. The number of nitrogens with one attached hydrogen (secondary N) is 2. The molecule has 0 aliphatic rings. The number of ether oxygens (including phenoxy) is 1. The Balaban J connectivity index is 2.18. The molecule has 0 fully saturated rings. The summed E-state index contributed by atoms with van der Waals surface area (Å²) in [5.41, 5.74) is 3.23. The zero-order chi connectivity index (χ0) is 13.1. The minimum Gasteiger partial charge on any atom is -0.497 e. The molecule has 0 saturated carbocycles. The Morgan fingerprint density at radius 2 is 2.06 bits per heavy atom. The second-order valence-corrected chi connectivity index (χ2v) is 4.18. The summed E-state index contributed by atoms with van der Waals surface area (Å²) in [7, 11) is 1.60. The van der Waals surface area contributed by atoms with E-state index >= 15 is 0 Å². The number of carbonyl (C=O) groups excluding carboxylic acids is 1. The van der Waals surface area contributed by atoms with Crippen molar-refractivity contribution in [3.05, 3.63) is 47.3 Å². The fraction of sp³-hybridized carbons (Fsp3) is 0.214. The molecule has 2 N–H and O–H groups in total. The molecule has 0 bridgehead atoms. The van der Waals surface area contributed by atoms with E-state index in [9.17, 15) is 4.79 Å². The molecule has 0 saturated heterocycles. The SMILES string of the molecule is COc1cccc(NC(=O)c2cc(C)[nH]c2C)c1. The van der Waals surface area contributed by atoms with E-state index in [0.717, 1.165) is 22.8 Å². The van der Waals surface area contributed by atoms with Crippen LogP contribution in [0.3, 0.4) is 0 Å². The molecule has 2 rings (SSSR count). The molecule has 0 unspecified atom stereocenters. The van der Waals surface area contributed by atoms with Crippen LogP contribution in [0.5, 0.6) is 5.75 Å². The van der Waals surface area contributed by atoms with E-state index in [4.69, 9.17) is 4.74 Å². The van der Waals surface area contributed by atoms with Crippen LogP contribution in [-0.2, 0) is 0 Å². The van der Waals surface area contributed by atoms with Gasteiger partial charge < -0.3 is 15.0 Å². The van der Waals surface area contributed by atoms with Crippen molar-refractivity contribution < 1.29 is 9.53 Å². The smallest absolute Gasteiger partial charge is 0.257 e. The maximum Gasteiger partial charge on any atom is 0.257 e. The predicted octanol–water partition coefficient (Wildman–Crippen LogP) is 2.89. The molecule has 0 aliphatic heterocycles. The summed E-state index contributed by atoms with van der Waals surface area (Å²) in [6.07, 6.45) is 0. The molecule has 4 nitrogen and oxygen atoms in total. The highest BCUT2D eigenvalue weighted by atomic mass is 16.5. The zero-order valence-corrected chi connectivity index (χ0v) is 10.7. The molecule has 4 heteroatoms. The number of methoxy groups -OCH3 is 1. The molecular weight excluding hydrogens is 228 g/mol. The highest BCUT2D eigenvalue weighted by Gasteiger charge is 2.11. The molecule has 0 spiro atoms. The Bertz CT molecular complexity index is 573. The van der Waals surface area contributed by atoms with Gasteiger partial charge in [0.05, 0.1) is 12.7 Å². The van der Waals surface area contributed by atoms with Gasteiger partial charge >= 0.3 is 0 Å². The molecule has 0 atom stereocenters. The molecule has 1 amide bonds. The highest BCUT2D eigenvalue weighted by molar-refractivity contribution is 6.05. The van der Waals surface area contributed by atoms with Crippen molar-refractivity contribution in [1.29, 1.82) is 0 Å². The van der Waals surface area contributed by atoms with Gasteiger partial charge in [-0.15, -0.1) is 0 Å². The summed E-state index contributed by atoms with van der Waals surface area (Å²) in [5, 5.41) is 2.85. The number of H-pyrrole nitrogens is 1. The van der Waals surface area contributed by atoms with E-state index in [1.807, 2.05) is 38.1 Å². The molecule has 2 aromatic rings. The molecule has 1 aromatic heterocycles. The van der Waals surface area contributed by atoms with Crippen molar-refractivity contribution in [1.82, 2.24) is 4.98 Å². The van der Waals surface area contributed by atoms with Gasteiger partial charge in [0.2, 0.25) is 0 Å². The third-order valence-corrected chi connectivity index (χ3v) is 2.72. The number of aromatic nitrogens is 1. The minimum atomic E-state index is -0.120. The molecule has 94 valence electrons. The van der Waals surface area contributed by atoms with Gasteiger partial charge in [-0.05, 0) is 32.0 Å².